The molecule has 0 radical (unpaired) electrons. The minimum absolute atomic E-state index is 0.102. The molecule has 9 heteroatoms. The average molecular weight is 455 g/mol. The van der Waals surface area contributed by atoms with Crippen molar-refractivity contribution in [3.63, 3.8) is 0 Å². The van der Waals surface area contributed by atoms with Crippen molar-refractivity contribution in [1.29, 1.82) is 0 Å². The van der Waals surface area contributed by atoms with E-state index in [0.717, 1.165) is 59.9 Å². The van der Waals surface area contributed by atoms with Crippen LogP contribution in [-0.2, 0) is 13.6 Å². The van der Waals surface area contributed by atoms with Crippen molar-refractivity contribution in [3.05, 3.63) is 60.0 Å². The van der Waals surface area contributed by atoms with Crippen molar-refractivity contribution in [2.75, 3.05) is 43.4 Å². The Kier molecular flexibility index (Phi) is 4.91. The molecule has 6 rings (SSSR count). The number of rotatable bonds is 4. The Balaban J connectivity index is 1.36. The van der Waals surface area contributed by atoms with Crippen molar-refractivity contribution in [2.24, 2.45) is 7.05 Å². The van der Waals surface area contributed by atoms with Gasteiger partial charge in [0, 0.05) is 68.7 Å². The van der Waals surface area contributed by atoms with E-state index < -0.39 is 0 Å². The lowest BCUT2D eigenvalue weighted by Crippen LogP contribution is -2.44. The molecular formula is C25H26N8O. The lowest BCUT2D eigenvalue weighted by Gasteiger charge is -2.33. The number of nitrogens with zero attached hydrogens (tertiary/aromatic N) is 6. The summed E-state index contributed by atoms with van der Waals surface area (Å²) in [6.07, 6.45) is 5.51. The maximum absolute atomic E-state index is 12.8. The normalized spacial score (nSPS) is 16.1. The number of aromatic nitrogens is 4. The van der Waals surface area contributed by atoms with Gasteiger partial charge in [-0.25, -0.2) is 9.97 Å². The van der Waals surface area contributed by atoms with Crippen molar-refractivity contribution in [2.45, 2.75) is 6.54 Å². The number of carbonyl (C=O) groups is 1. The zero-order valence-electron chi connectivity index (χ0n) is 19.2. The SMILES string of the molecule is CN1CCN(c2cccc(Nc3cnc(-c4ccnc5c4ccn5C)c4c3C(=O)NC4)n2)CC1. The molecule has 0 unspecified atom stereocenters. The first kappa shape index (κ1) is 20.6. The fourth-order valence-corrected chi connectivity index (χ4v) is 4.78. The van der Waals surface area contributed by atoms with Crippen molar-refractivity contribution >= 4 is 34.3 Å². The minimum atomic E-state index is -0.102. The number of likely N-dealkylation sites (N-methyl/N-ethyl adjacent to an activating group) is 1. The van der Waals surface area contributed by atoms with E-state index in [9.17, 15) is 4.79 Å². The number of carbonyl (C=O) groups excluding carboxylic acids is 1. The van der Waals surface area contributed by atoms with Crippen LogP contribution in [-0.4, -0.2) is 63.6 Å². The second-order valence-corrected chi connectivity index (χ2v) is 8.88. The van der Waals surface area contributed by atoms with E-state index in [1.807, 2.05) is 48.1 Å². The number of hydrogen-bond acceptors (Lipinski definition) is 7. The molecule has 9 nitrogen and oxygen atoms in total. The van der Waals surface area contributed by atoms with Gasteiger partial charge in [-0.2, -0.15) is 0 Å². The minimum Gasteiger partial charge on any atom is -0.354 e. The van der Waals surface area contributed by atoms with E-state index >= 15 is 0 Å². The van der Waals surface area contributed by atoms with Crippen LogP contribution in [0.2, 0.25) is 0 Å². The van der Waals surface area contributed by atoms with Gasteiger partial charge in [-0.3, -0.25) is 9.78 Å². The van der Waals surface area contributed by atoms with Crippen LogP contribution in [0.4, 0.5) is 17.3 Å². The molecule has 172 valence electrons. The predicted octanol–water partition coefficient (Wildman–Crippen LogP) is 2.77. The molecule has 0 aromatic carbocycles. The monoisotopic (exact) mass is 454 g/mol. The Bertz CT molecular complexity index is 1400. The highest BCUT2D eigenvalue weighted by atomic mass is 16.1. The van der Waals surface area contributed by atoms with Gasteiger partial charge < -0.3 is 25.0 Å². The molecule has 0 atom stereocenters. The number of hydrogen-bond donors (Lipinski definition) is 2. The van der Waals surface area contributed by atoms with E-state index in [1.54, 1.807) is 12.4 Å². The summed E-state index contributed by atoms with van der Waals surface area (Å²) < 4.78 is 1.98. The van der Waals surface area contributed by atoms with E-state index in [4.69, 9.17) is 9.97 Å². The summed E-state index contributed by atoms with van der Waals surface area (Å²) in [5, 5.41) is 7.34. The second kappa shape index (κ2) is 8.11. The zero-order valence-corrected chi connectivity index (χ0v) is 19.2. The van der Waals surface area contributed by atoms with Crippen molar-refractivity contribution in [1.82, 2.24) is 29.7 Å². The number of nitrogens with one attached hydrogen (secondary N) is 2. The van der Waals surface area contributed by atoms with Crippen LogP contribution in [0.15, 0.2) is 48.9 Å². The third-order valence-electron chi connectivity index (χ3n) is 6.68. The average Bonchev–Trinajstić information content (AvgIpc) is 3.43. The van der Waals surface area contributed by atoms with Crippen LogP contribution in [0.25, 0.3) is 22.3 Å². The maximum Gasteiger partial charge on any atom is 0.254 e. The molecule has 0 saturated carbocycles. The second-order valence-electron chi connectivity index (χ2n) is 8.88. The van der Waals surface area contributed by atoms with Gasteiger partial charge >= 0.3 is 0 Å². The lowest BCUT2D eigenvalue weighted by molar-refractivity contribution is 0.0966. The Hall–Kier alpha value is -3.98. The van der Waals surface area contributed by atoms with Gasteiger partial charge in [0.2, 0.25) is 0 Å². The summed E-state index contributed by atoms with van der Waals surface area (Å²) >= 11 is 0. The van der Waals surface area contributed by atoms with Crippen molar-refractivity contribution < 1.29 is 4.79 Å². The number of pyridine rings is 3. The molecule has 4 aromatic heterocycles. The van der Waals surface area contributed by atoms with E-state index in [1.165, 1.54) is 0 Å². The van der Waals surface area contributed by atoms with Gasteiger partial charge in [0.05, 0.1) is 23.1 Å². The Morgan fingerprint density at radius 1 is 1.03 bits per heavy atom. The molecular weight excluding hydrogens is 428 g/mol. The van der Waals surface area contributed by atoms with Crippen LogP contribution in [0.3, 0.4) is 0 Å². The van der Waals surface area contributed by atoms with Crippen LogP contribution < -0.4 is 15.5 Å². The van der Waals surface area contributed by atoms with Gasteiger partial charge in [-0.05, 0) is 31.3 Å². The van der Waals surface area contributed by atoms with E-state index in [2.05, 4.69) is 32.5 Å². The molecule has 4 aromatic rings. The summed E-state index contributed by atoms with van der Waals surface area (Å²) in [6, 6.07) is 9.94. The van der Waals surface area contributed by atoms with Crippen molar-refractivity contribution in [3.8, 4) is 11.3 Å². The molecule has 2 aliphatic heterocycles. The van der Waals surface area contributed by atoms with Crippen LogP contribution in [0.5, 0.6) is 0 Å². The molecule has 1 amide bonds. The molecule has 34 heavy (non-hydrogen) atoms. The molecule has 2 aliphatic rings. The molecule has 1 saturated heterocycles. The predicted molar refractivity (Wildman–Crippen MR) is 132 cm³/mol. The highest BCUT2D eigenvalue weighted by Crippen LogP contribution is 2.36. The first-order valence-corrected chi connectivity index (χ1v) is 11.5. The summed E-state index contributed by atoms with van der Waals surface area (Å²) in [5.41, 5.74) is 4.84. The number of amides is 1. The third-order valence-corrected chi connectivity index (χ3v) is 6.68. The van der Waals surface area contributed by atoms with Gasteiger partial charge in [-0.1, -0.05) is 6.07 Å². The molecule has 0 aliphatic carbocycles. The van der Waals surface area contributed by atoms with Gasteiger partial charge in [0.1, 0.15) is 17.3 Å². The topological polar surface area (TPSA) is 91.2 Å². The smallest absolute Gasteiger partial charge is 0.254 e. The molecule has 0 bridgehead atoms. The quantitative estimate of drug-likeness (QED) is 0.490. The molecule has 6 heterocycles. The van der Waals surface area contributed by atoms with E-state index in [0.29, 0.717) is 23.6 Å². The Labute approximate surface area is 197 Å². The Morgan fingerprint density at radius 3 is 2.74 bits per heavy atom. The van der Waals surface area contributed by atoms with Gasteiger partial charge in [0.15, 0.2) is 0 Å². The Morgan fingerprint density at radius 2 is 1.88 bits per heavy atom. The van der Waals surface area contributed by atoms with Crippen LogP contribution in [0, 0.1) is 0 Å². The highest BCUT2D eigenvalue weighted by Gasteiger charge is 2.28. The number of piperazine rings is 1. The largest absolute Gasteiger partial charge is 0.354 e. The first-order chi connectivity index (χ1) is 16.6. The van der Waals surface area contributed by atoms with Gasteiger partial charge in [-0.15, -0.1) is 0 Å². The van der Waals surface area contributed by atoms with Crippen LogP contribution in [0.1, 0.15) is 15.9 Å². The standard InChI is InChI=1S/C25H26N8O/c1-31-10-12-33(13-11-31)21-5-3-4-20(30-21)29-19-15-27-23(18-14-28-25(34)22(18)19)16-6-8-26-24-17(16)7-9-32(24)2/h3-9,15H,10-14H2,1-2H3,(H,28,34)(H,29,30). The maximum atomic E-state index is 12.8. The fraction of sp³-hybridized carbons (Fsp3) is 0.280. The molecule has 2 N–H and O–H groups in total. The summed E-state index contributed by atoms with van der Waals surface area (Å²) in [5.74, 6) is 1.53. The van der Waals surface area contributed by atoms with E-state index in [-0.39, 0.29) is 5.91 Å². The number of anilines is 3. The third kappa shape index (κ3) is 3.45. The summed E-state index contributed by atoms with van der Waals surface area (Å²) in [6.45, 7) is 4.36. The summed E-state index contributed by atoms with van der Waals surface area (Å²) in [7, 11) is 4.11. The highest BCUT2D eigenvalue weighted by molar-refractivity contribution is 6.06. The van der Waals surface area contributed by atoms with Gasteiger partial charge in [0.25, 0.3) is 5.91 Å². The first-order valence-electron chi connectivity index (χ1n) is 11.5. The summed E-state index contributed by atoms with van der Waals surface area (Å²) in [4.78, 5) is 31.6. The van der Waals surface area contributed by atoms with Crippen LogP contribution >= 0.6 is 0 Å². The number of fused-ring (bicyclic) bond motifs is 2. The molecule has 0 spiro atoms. The molecule has 1 fully saturated rings. The zero-order chi connectivity index (χ0) is 23.2. The number of aryl methyl sites for hydroxylation is 1. The lowest BCUT2D eigenvalue weighted by atomic mass is 10.0. The fourth-order valence-electron chi connectivity index (χ4n) is 4.78.